The van der Waals surface area contributed by atoms with Gasteiger partial charge in [0.05, 0.1) is 4.70 Å². The van der Waals surface area contributed by atoms with Crippen LogP contribution in [-0.2, 0) is 5.75 Å². The van der Waals surface area contributed by atoms with Crippen molar-refractivity contribution in [1.82, 2.24) is 9.36 Å². The van der Waals surface area contributed by atoms with Crippen molar-refractivity contribution in [1.29, 1.82) is 0 Å². The van der Waals surface area contributed by atoms with Crippen molar-refractivity contribution < 1.29 is 0 Å². The molecule has 0 radical (unpaired) electrons. The number of nitrogens with zero attached hydrogens (tertiary/aromatic N) is 2. The summed E-state index contributed by atoms with van der Waals surface area (Å²) in [6.45, 7) is 0. The summed E-state index contributed by atoms with van der Waals surface area (Å²) in [7, 11) is 0. The van der Waals surface area contributed by atoms with Gasteiger partial charge in [-0.2, -0.15) is 4.37 Å². The Bertz CT molecular complexity index is 619. The van der Waals surface area contributed by atoms with Crippen molar-refractivity contribution in [2.45, 2.75) is 10.8 Å². The van der Waals surface area contributed by atoms with Crippen LogP contribution in [0.2, 0.25) is 0 Å². The Morgan fingerprint density at radius 3 is 2.76 bits per heavy atom. The molecule has 0 bridgehead atoms. The number of hydrogen-bond donors (Lipinski definition) is 0. The number of fused-ring (bicyclic) bond motifs is 1. The second-order valence-corrected chi connectivity index (χ2v) is 5.40. The van der Waals surface area contributed by atoms with E-state index in [-0.39, 0.29) is 0 Å². The first-order chi connectivity index (χ1) is 8.43. The van der Waals surface area contributed by atoms with Crippen LogP contribution >= 0.6 is 23.3 Å². The van der Waals surface area contributed by atoms with Crippen LogP contribution in [0.15, 0.2) is 53.8 Å². The molecule has 2 heterocycles. The first kappa shape index (κ1) is 10.7. The summed E-state index contributed by atoms with van der Waals surface area (Å²) < 4.78 is 5.75. The number of aromatic nitrogens is 2. The zero-order chi connectivity index (χ0) is 11.5. The standard InChI is InChI=1S/C13H10N2S2/c1-2-4-12-11(3-1)13(15-17-12)16-9-10-5-7-14-8-6-10/h1-8H,9H2. The van der Waals surface area contributed by atoms with E-state index in [4.69, 9.17) is 0 Å². The maximum absolute atomic E-state index is 4.50. The van der Waals surface area contributed by atoms with Gasteiger partial charge in [0.1, 0.15) is 5.03 Å². The predicted molar refractivity (Wildman–Crippen MR) is 73.4 cm³/mol. The normalized spacial score (nSPS) is 10.8. The molecule has 2 aromatic heterocycles. The van der Waals surface area contributed by atoms with Crippen LogP contribution in [0.4, 0.5) is 0 Å². The van der Waals surface area contributed by atoms with Crippen molar-refractivity contribution in [2.24, 2.45) is 0 Å². The van der Waals surface area contributed by atoms with Gasteiger partial charge in [-0.25, -0.2) is 0 Å². The number of thioether (sulfide) groups is 1. The molecule has 0 atom stereocenters. The summed E-state index contributed by atoms with van der Waals surface area (Å²) in [5, 5.41) is 2.39. The molecule has 0 fully saturated rings. The van der Waals surface area contributed by atoms with Gasteiger partial charge in [-0.3, -0.25) is 4.98 Å². The summed E-state index contributed by atoms with van der Waals surface area (Å²) in [6.07, 6.45) is 3.66. The summed E-state index contributed by atoms with van der Waals surface area (Å²) in [5.74, 6) is 0.941. The number of hydrogen-bond acceptors (Lipinski definition) is 4. The Kier molecular flexibility index (Phi) is 3.07. The van der Waals surface area contributed by atoms with Crippen LogP contribution in [0.3, 0.4) is 0 Å². The fourth-order valence-electron chi connectivity index (χ4n) is 1.60. The smallest absolute Gasteiger partial charge is 0.118 e. The summed E-state index contributed by atoms with van der Waals surface area (Å²) in [4.78, 5) is 4.02. The minimum atomic E-state index is 0.941. The third-order valence-corrected chi connectivity index (χ3v) is 4.47. The molecule has 0 saturated heterocycles. The number of pyridine rings is 1. The molecular formula is C13H10N2S2. The molecule has 3 rings (SSSR count). The van der Waals surface area contributed by atoms with Gasteiger partial charge < -0.3 is 0 Å². The average Bonchev–Trinajstić information content (AvgIpc) is 2.81. The monoisotopic (exact) mass is 258 g/mol. The third-order valence-electron chi connectivity index (χ3n) is 2.47. The Morgan fingerprint density at radius 1 is 1.06 bits per heavy atom. The van der Waals surface area contributed by atoms with E-state index in [1.165, 1.54) is 15.6 Å². The maximum atomic E-state index is 4.50. The van der Waals surface area contributed by atoms with Crippen molar-refractivity contribution in [3.63, 3.8) is 0 Å². The van der Waals surface area contributed by atoms with Crippen molar-refractivity contribution in [2.75, 3.05) is 0 Å². The second kappa shape index (κ2) is 4.85. The highest BCUT2D eigenvalue weighted by Crippen LogP contribution is 2.31. The van der Waals surface area contributed by atoms with Gasteiger partial charge in [-0.05, 0) is 35.3 Å². The molecular weight excluding hydrogens is 248 g/mol. The van der Waals surface area contributed by atoms with Crippen LogP contribution in [0.25, 0.3) is 10.1 Å². The molecule has 0 saturated carbocycles. The Hall–Kier alpha value is -1.39. The lowest BCUT2D eigenvalue weighted by molar-refractivity contribution is 1.26. The lowest BCUT2D eigenvalue weighted by Crippen LogP contribution is -1.81. The van der Waals surface area contributed by atoms with Gasteiger partial charge >= 0.3 is 0 Å². The van der Waals surface area contributed by atoms with Crippen molar-refractivity contribution >= 4 is 33.4 Å². The molecule has 2 nitrogen and oxygen atoms in total. The largest absolute Gasteiger partial charge is 0.265 e. The molecule has 0 aliphatic heterocycles. The molecule has 1 aromatic carbocycles. The van der Waals surface area contributed by atoms with Crippen LogP contribution in [0, 0.1) is 0 Å². The summed E-state index contributed by atoms with van der Waals surface area (Å²) in [5.41, 5.74) is 1.28. The van der Waals surface area contributed by atoms with Gasteiger partial charge in [-0.1, -0.05) is 30.0 Å². The number of rotatable bonds is 3. The van der Waals surface area contributed by atoms with Gasteiger partial charge in [0.2, 0.25) is 0 Å². The molecule has 0 N–H and O–H groups in total. The lowest BCUT2D eigenvalue weighted by Gasteiger charge is -1.98. The Balaban J connectivity index is 1.82. The average molecular weight is 258 g/mol. The highest BCUT2D eigenvalue weighted by molar-refractivity contribution is 7.98. The minimum Gasteiger partial charge on any atom is -0.265 e. The van der Waals surface area contributed by atoms with E-state index in [2.05, 4.69) is 33.6 Å². The van der Waals surface area contributed by atoms with E-state index >= 15 is 0 Å². The number of benzene rings is 1. The van der Waals surface area contributed by atoms with E-state index in [1.54, 1.807) is 23.3 Å². The highest BCUT2D eigenvalue weighted by Gasteiger charge is 2.05. The Morgan fingerprint density at radius 2 is 1.88 bits per heavy atom. The molecule has 84 valence electrons. The molecule has 0 unspecified atom stereocenters. The lowest BCUT2D eigenvalue weighted by atomic mass is 10.3. The third kappa shape index (κ3) is 2.33. The molecule has 0 amide bonds. The van der Waals surface area contributed by atoms with E-state index in [0.717, 1.165) is 10.8 Å². The molecule has 17 heavy (non-hydrogen) atoms. The van der Waals surface area contributed by atoms with Crippen LogP contribution in [-0.4, -0.2) is 9.36 Å². The van der Waals surface area contributed by atoms with Crippen molar-refractivity contribution in [3.05, 3.63) is 54.4 Å². The second-order valence-electron chi connectivity index (χ2n) is 3.63. The first-order valence-corrected chi connectivity index (χ1v) is 7.05. The van der Waals surface area contributed by atoms with Crippen LogP contribution in [0.1, 0.15) is 5.56 Å². The molecule has 0 spiro atoms. The topological polar surface area (TPSA) is 25.8 Å². The quantitative estimate of drug-likeness (QED) is 0.664. The van der Waals surface area contributed by atoms with E-state index in [0.29, 0.717) is 0 Å². The van der Waals surface area contributed by atoms with E-state index in [9.17, 15) is 0 Å². The van der Waals surface area contributed by atoms with Gasteiger partial charge in [0.25, 0.3) is 0 Å². The van der Waals surface area contributed by atoms with Gasteiger partial charge in [-0.15, -0.1) is 0 Å². The fourth-order valence-corrected chi connectivity index (χ4v) is 3.50. The van der Waals surface area contributed by atoms with Gasteiger partial charge in [0.15, 0.2) is 0 Å². The molecule has 4 heteroatoms. The SMILES string of the molecule is c1ccc2c(SCc3ccncc3)nsc2c1. The van der Waals surface area contributed by atoms with Crippen molar-refractivity contribution in [3.8, 4) is 0 Å². The van der Waals surface area contributed by atoms with Crippen LogP contribution in [0.5, 0.6) is 0 Å². The summed E-state index contributed by atoms with van der Waals surface area (Å²) >= 11 is 3.35. The zero-order valence-electron chi connectivity index (χ0n) is 9.04. The maximum Gasteiger partial charge on any atom is 0.118 e. The highest BCUT2D eigenvalue weighted by atomic mass is 32.2. The molecule has 0 aliphatic carbocycles. The minimum absolute atomic E-state index is 0.941. The fraction of sp³-hybridized carbons (Fsp3) is 0.0769. The summed E-state index contributed by atoms with van der Waals surface area (Å²) in [6, 6.07) is 12.4. The molecule has 0 aliphatic rings. The zero-order valence-corrected chi connectivity index (χ0v) is 10.7. The van der Waals surface area contributed by atoms with E-state index < -0.39 is 0 Å². The first-order valence-electron chi connectivity index (χ1n) is 5.29. The van der Waals surface area contributed by atoms with Crippen LogP contribution < -0.4 is 0 Å². The predicted octanol–water partition coefficient (Wildman–Crippen LogP) is 3.98. The van der Waals surface area contributed by atoms with E-state index in [1.807, 2.05) is 24.5 Å². The van der Waals surface area contributed by atoms with Gasteiger partial charge in [0, 0.05) is 23.5 Å². The molecule has 3 aromatic rings. The Labute approximate surface area is 108 Å².